The molecule has 1 atom stereocenters. The number of nitrogens with zero attached hydrogens (tertiary/aromatic N) is 4. The zero-order valence-corrected chi connectivity index (χ0v) is 13.9. The Labute approximate surface area is 131 Å². The highest BCUT2D eigenvalue weighted by atomic mass is 32.2. The SMILES string of the molecule is CSc1nnc(CC2CCN(CC3CCOC3)CC2)n1C. The summed E-state index contributed by atoms with van der Waals surface area (Å²) in [7, 11) is 2.08. The molecule has 2 aliphatic heterocycles. The van der Waals surface area contributed by atoms with Gasteiger partial charge in [-0.3, -0.25) is 0 Å². The summed E-state index contributed by atoms with van der Waals surface area (Å²) < 4.78 is 7.62. The number of aromatic nitrogens is 3. The molecule has 3 heterocycles. The van der Waals surface area contributed by atoms with E-state index >= 15 is 0 Å². The first-order valence-corrected chi connectivity index (χ1v) is 9.21. The Morgan fingerprint density at radius 1 is 1.19 bits per heavy atom. The van der Waals surface area contributed by atoms with Gasteiger partial charge in [-0.05, 0) is 50.4 Å². The van der Waals surface area contributed by atoms with E-state index in [0.29, 0.717) is 0 Å². The van der Waals surface area contributed by atoms with Gasteiger partial charge in [0.05, 0.1) is 6.61 Å². The Morgan fingerprint density at radius 3 is 2.62 bits per heavy atom. The second-order valence-electron chi connectivity index (χ2n) is 6.34. The van der Waals surface area contributed by atoms with Crippen molar-refractivity contribution in [2.45, 2.75) is 30.8 Å². The number of likely N-dealkylation sites (tertiary alicyclic amines) is 1. The lowest BCUT2D eigenvalue weighted by Crippen LogP contribution is -2.37. The fraction of sp³-hybridized carbons (Fsp3) is 0.867. The Kier molecular flexibility index (Phi) is 5.19. The van der Waals surface area contributed by atoms with Crippen LogP contribution in [0.15, 0.2) is 5.16 Å². The fourth-order valence-corrected chi connectivity index (χ4v) is 3.93. The van der Waals surface area contributed by atoms with Crippen LogP contribution in [0.4, 0.5) is 0 Å². The normalized spacial score (nSPS) is 24.8. The average molecular weight is 310 g/mol. The molecule has 3 rings (SSSR count). The Hall–Kier alpha value is -0.590. The minimum Gasteiger partial charge on any atom is -0.381 e. The van der Waals surface area contributed by atoms with Crippen molar-refractivity contribution < 1.29 is 4.74 Å². The van der Waals surface area contributed by atoms with Crippen LogP contribution in [-0.4, -0.2) is 58.8 Å². The summed E-state index contributed by atoms with van der Waals surface area (Å²) in [5.41, 5.74) is 0. The second-order valence-corrected chi connectivity index (χ2v) is 7.11. The third-order valence-electron chi connectivity index (χ3n) is 4.83. The van der Waals surface area contributed by atoms with Crippen LogP contribution < -0.4 is 0 Å². The van der Waals surface area contributed by atoms with Crippen molar-refractivity contribution in [3.63, 3.8) is 0 Å². The van der Waals surface area contributed by atoms with Crippen molar-refractivity contribution in [3.05, 3.63) is 5.82 Å². The van der Waals surface area contributed by atoms with Gasteiger partial charge < -0.3 is 14.2 Å². The molecule has 0 saturated carbocycles. The summed E-state index contributed by atoms with van der Waals surface area (Å²) in [6.45, 7) is 5.62. The van der Waals surface area contributed by atoms with Gasteiger partial charge in [0.15, 0.2) is 5.16 Å². The van der Waals surface area contributed by atoms with E-state index in [2.05, 4.69) is 33.0 Å². The Morgan fingerprint density at radius 2 is 2.00 bits per heavy atom. The molecule has 0 radical (unpaired) electrons. The van der Waals surface area contributed by atoms with E-state index < -0.39 is 0 Å². The highest BCUT2D eigenvalue weighted by Crippen LogP contribution is 2.24. The van der Waals surface area contributed by atoms with Crippen molar-refractivity contribution in [1.29, 1.82) is 0 Å². The van der Waals surface area contributed by atoms with E-state index in [9.17, 15) is 0 Å². The summed E-state index contributed by atoms with van der Waals surface area (Å²) in [6, 6.07) is 0. The fourth-order valence-electron chi connectivity index (χ4n) is 3.42. The van der Waals surface area contributed by atoms with E-state index in [-0.39, 0.29) is 0 Å². The van der Waals surface area contributed by atoms with E-state index in [1.165, 1.54) is 38.9 Å². The zero-order valence-electron chi connectivity index (χ0n) is 13.1. The average Bonchev–Trinajstić information content (AvgIpc) is 3.12. The summed E-state index contributed by atoms with van der Waals surface area (Å²) in [5, 5.41) is 9.60. The summed E-state index contributed by atoms with van der Waals surface area (Å²) in [6.07, 6.45) is 6.95. The van der Waals surface area contributed by atoms with Gasteiger partial charge in [0, 0.05) is 26.6 Å². The lowest BCUT2D eigenvalue weighted by atomic mass is 9.92. The molecule has 0 aliphatic carbocycles. The molecule has 1 aromatic heterocycles. The third-order valence-corrected chi connectivity index (χ3v) is 5.55. The highest BCUT2D eigenvalue weighted by Gasteiger charge is 2.25. The van der Waals surface area contributed by atoms with Crippen LogP contribution >= 0.6 is 11.8 Å². The van der Waals surface area contributed by atoms with Crippen LogP contribution in [0.2, 0.25) is 0 Å². The van der Waals surface area contributed by atoms with E-state index in [1.807, 2.05) is 0 Å². The van der Waals surface area contributed by atoms with E-state index in [1.54, 1.807) is 11.8 Å². The number of thioether (sulfide) groups is 1. The summed E-state index contributed by atoms with van der Waals surface area (Å²) >= 11 is 1.67. The minimum atomic E-state index is 0.763. The van der Waals surface area contributed by atoms with Crippen molar-refractivity contribution in [1.82, 2.24) is 19.7 Å². The van der Waals surface area contributed by atoms with Crippen LogP contribution in [-0.2, 0) is 18.2 Å². The first-order valence-electron chi connectivity index (χ1n) is 7.98. The second kappa shape index (κ2) is 7.11. The Bertz CT molecular complexity index is 451. The van der Waals surface area contributed by atoms with Gasteiger partial charge in [0.25, 0.3) is 0 Å². The van der Waals surface area contributed by atoms with Crippen LogP contribution in [0.1, 0.15) is 25.1 Å². The largest absolute Gasteiger partial charge is 0.381 e. The first kappa shape index (κ1) is 15.3. The Balaban J connectivity index is 1.45. The molecule has 2 aliphatic rings. The molecule has 0 spiro atoms. The number of ether oxygens (including phenoxy) is 1. The van der Waals surface area contributed by atoms with Gasteiger partial charge in [-0.15, -0.1) is 10.2 Å². The van der Waals surface area contributed by atoms with Crippen LogP contribution in [0.5, 0.6) is 0 Å². The van der Waals surface area contributed by atoms with Gasteiger partial charge in [-0.1, -0.05) is 11.8 Å². The maximum atomic E-state index is 5.48. The van der Waals surface area contributed by atoms with Gasteiger partial charge in [0.1, 0.15) is 5.82 Å². The van der Waals surface area contributed by atoms with E-state index in [0.717, 1.165) is 42.5 Å². The monoisotopic (exact) mass is 310 g/mol. The maximum absolute atomic E-state index is 5.48. The molecule has 0 aromatic carbocycles. The third kappa shape index (κ3) is 3.79. The van der Waals surface area contributed by atoms with Crippen molar-refractivity contribution in [2.75, 3.05) is 39.1 Å². The number of rotatable bonds is 5. The highest BCUT2D eigenvalue weighted by molar-refractivity contribution is 7.98. The quantitative estimate of drug-likeness (QED) is 0.776. The molecule has 6 heteroatoms. The molecule has 2 saturated heterocycles. The van der Waals surface area contributed by atoms with Crippen molar-refractivity contribution in [2.24, 2.45) is 18.9 Å². The minimum absolute atomic E-state index is 0.763. The van der Waals surface area contributed by atoms with Crippen molar-refractivity contribution in [3.8, 4) is 0 Å². The maximum Gasteiger partial charge on any atom is 0.190 e. The van der Waals surface area contributed by atoms with Gasteiger partial charge in [-0.25, -0.2) is 0 Å². The predicted molar refractivity (Wildman–Crippen MR) is 84.6 cm³/mol. The molecular formula is C15H26N4OS. The lowest BCUT2D eigenvalue weighted by Gasteiger charge is -2.33. The standard InChI is InChI=1S/C15H26N4OS/c1-18-14(16-17-15(18)21-2)9-12-3-6-19(7-4-12)10-13-5-8-20-11-13/h12-13H,3-11H2,1-2H3. The summed E-state index contributed by atoms with van der Waals surface area (Å²) in [5.74, 6) is 2.67. The molecule has 5 nitrogen and oxygen atoms in total. The molecule has 2 fully saturated rings. The van der Waals surface area contributed by atoms with Gasteiger partial charge >= 0.3 is 0 Å². The lowest BCUT2D eigenvalue weighted by molar-refractivity contribution is 0.140. The van der Waals surface area contributed by atoms with Crippen LogP contribution in [0.3, 0.4) is 0 Å². The van der Waals surface area contributed by atoms with Crippen LogP contribution in [0, 0.1) is 11.8 Å². The smallest absolute Gasteiger partial charge is 0.190 e. The molecule has 1 aromatic rings. The van der Waals surface area contributed by atoms with Gasteiger partial charge in [-0.2, -0.15) is 0 Å². The molecule has 0 N–H and O–H groups in total. The molecule has 0 bridgehead atoms. The molecule has 1 unspecified atom stereocenters. The van der Waals surface area contributed by atoms with Gasteiger partial charge in [0.2, 0.25) is 0 Å². The zero-order chi connectivity index (χ0) is 14.7. The molecule has 21 heavy (non-hydrogen) atoms. The molecule has 118 valence electrons. The number of hydrogen-bond donors (Lipinski definition) is 0. The predicted octanol–water partition coefficient (Wildman–Crippen LogP) is 1.83. The van der Waals surface area contributed by atoms with Crippen molar-refractivity contribution >= 4 is 11.8 Å². The number of piperidine rings is 1. The number of hydrogen-bond acceptors (Lipinski definition) is 5. The molecule has 0 amide bonds. The first-order chi connectivity index (χ1) is 10.3. The van der Waals surface area contributed by atoms with E-state index in [4.69, 9.17) is 4.74 Å². The molecular weight excluding hydrogens is 284 g/mol. The van der Waals surface area contributed by atoms with Crippen LogP contribution in [0.25, 0.3) is 0 Å². The topological polar surface area (TPSA) is 43.2 Å². The summed E-state index contributed by atoms with van der Waals surface area (Å²) in [4.78, 5) is 2.62.